The molecule has 10 heavy (non-hydrogen) atoms. The van der Waals surface area contributed by atoms with Crippen LogP contribution in [0.2, 0.25) is 0 Å². The quantitative estimate of drug-likeness (QED) is 0.184. The highest BCUT2D eigenvalue weighted by Gasteiger charge is 2.26. The number of nitrogens with zero attached hydrogens (tertiary/aromatic N) is 2. The molecule has 0 aliphatic heterocycles. The van der Waals surface area contributed by atoms with Crippen LogP contribution < -0.4 is 5.32 Å². The molecular weight excluding hydrogens is 147 g/mol. The van der Waals surface area contributed by atoms with Crippen molar-refractivity contribution in [3.63, 3.8) is 0 Å². The number of hydrogen-bond donors (Lipinski definition) is 1. The lowest BCUT2D eigenvalue weighted by atomic mass is 10.7. The summed E-state index contributed by atoms with van der Waals surface area (Å²) in [5.41, 5.74) is 0. The molecule has 0 radical (unpaired) electrons. The maximum Gasteiger partial charge on any atom is 0.504 e. The van der Waals surface area contributed by atoms with Crippen LogP contribution in [0.5, 0.6) is 0 Å². The summed E-state index contributed by atoms with van der Waals surface area (Å²) in [5, 5.41) is 9.56. The zero-order valence-electron chi connectivity index (χ0n) is 5.03. The van der Waals surface area contributed by atoms with Crippen LogP contribution in [-0.4, -0.2) is 12.1 Å². The van der Waals surface area contributed by atoms with E-state index in [9.17, 15) is 13.2 Å². The minimum absolute atomic E-state index is 0.463. The largest absolute Gasteiger partial charge is 0.504 e. The predicted octanol–water partition coefficient (Wildman–Crippen LogP) is 0.995. The average molecular weight is 151 g/mol. The van der Waals surface area contributed by atoms with Gasteiger partial charge in [-0.3, -0.25) is 5.32 Å². The molecule has 0 aromatic rings. The molecule has 3 nitrogen and oxygen atoms in total. The van der Waals surface area contributed by atoms with Crippen molar-refractivity contribution in [1.82, 2.24) is 5.32 Å². The number of aliphatic imine (C=N–C) groups is 1. The summed E-state index contributed by atoms with van der Waals surface area (Å²) >= 11 is 0. The van der Waals surface area contributed by atoms with Crippen LogP contribution in [0.25, 0.3) is 0 Å². The first-order chi connectivity index (χ1) is 4.45. The second-order valence-electron chi connectivity index (χ2n) is 1.40. The van der Waals surface area contributed by atoms with E-state index in [1.54, 1.807) is 5.32 Å². The number of nitrogens with one attached hydrogen (secondary N) is 1. The molecule has 0 fully saturated rings. The van der Waals surface area contributed by atoms with E-state index in [0.29, 0.717) is 0 Å². The van der Waals surface area contributed by atoms with Gasteiger partial charge in [-0.15, -0.1) is 13.2 Å². The Balaban J connectivity index is 4.06. The first kappa shape index (κ1) is 8.75. The first-order valence-electron chi connectivity index (χ1n) is 2.24. The molecule has 0 bridgehead atoms. The summed E-state index contributed by atoms with van der Waals surface area (Å²) < 4.78 is 33.9. The maximum absolute atomic E-state index is 11.3. The summed E-state index contributed by atoms with van der Waals surface area (Å²) in [6.07, 6.45) is -3.29. The minimum atomic E-state index is -4.60. The van der Waals surface area contributed by atoms with Crippen molar-refractivity contribution in [3.05, 3.63) is 0 Å². The third-order valence-electron chi connectivity index (χ3n) is 0.531. The molecule has 0 rings (SSSR count). The maximum atomic E-state index is 11.3. The molecule has 56 valence electrons. The Hall–Kier alpha value is -1.25. The number of rotatable bonds is 0. The van der Waals surface area contributed by atoms with Crippen molar-refractivity contribution >= 4 is 5.84 Å². The lowest BCUT2D eigenvalue weighted by Gasteiger charge is -1.99. The molecule has 0 atom stereocenters. The van der Waals surface area contributed by atoms with Gasteiger partial charge in [-0.2, -0.15) is 10.3 Å². The average Bonchev–Trinajstić information content (AvgIpc) is 1.59. The van der Waals surface area contributed by atoms with E-state index in [1.807, 2.05) is 0 Å². The van der Waals surface area contributed by atoms with Gasteiger partial charge in [0.2, 0.25) is 0 Å². The standard InChI is InChI=1S/C4H4F3N3/c1-3(9-2-8)10-4(5,6)7/h1H3,(H,9,10). The lowest BCUT2D eigenvalue weighted by Crippen LogP contribution is -2.18. The minimum Gasteiger partial charge on any atom is -0.281 e. The van der Waals surface area contributed by atoms with Gasteiger partial charge in [-0.1, -0.05) is 0 Å². The third-order valence-corrected chi connectivity index (χ3v) is 0.531. The zero-order chi connectivity index (χ0) is 8.20. The highest BCUT2D eigenvalue weighted by atomic mass is 19.4. The van der Waals surface area contributed by atoms with Gasteiger partial charge in [0.05, 0.1) is 0 Å². The van der Waals surface area contributed by atoms with Crippen LogP contribution in [0.4, 0.5) is 13.2 Å². The van der Waals surface area contributed by atoms with E-state index in [0.717, 1.165) is 6.92 Å². The fraction of sp³-hybridized carbons (Fsp3) is 0.500. The molecule has 0 aromatic heterocycles. The molecular formula is C4H4F3N3. The van der Waals surface area contributed by atoms with Gasteiger partial charge >= 0.3 is 6.30 Å². The van der Waals surface area contributed by atoms with Crippen molar-refractivity contribution in [2.75, 3.05) is 0 Å². The molecule has 0 aromatic carbocycles. The van der Waals surface area contributed by atoms with Gasteiger partial charge in [-0.25, -0.2) is 0 Å². The van der Waals surface area contributed by atoms with Crippen molar-refractivity contribution in [3.8, 4) is 6.19 Å². The second-order valence-corrected chi connectivity index (χ2v) is 1.40. The molecule has 0 heterocycles. The van der Waals surface area contributed by atoms with E-state index in [2.05, 4.69) is 4.99 Å². The van der Waals surface area contributed by atoms with Gasteiger partial charge in [0.1, 0.15) is 5.84 Å². The van der Waals surface area contributed by atoms with E-state index < -0.39 is 12.1 Å². The summed E-state index contributed by atoms with van der Waals surface area (Å²) in [6, 6.07) is 0. The number of halogens is 3. The molecule has 0 saturated carbocycles. The molecule has 0 aliphatic rings. The lowest BCUT2D eigenvalue weighted by molar-refractivity contribution is -0.119. The summed E-state index contributed by atoms with van der Waals surface area (Å²) in [7, 11) is 0. The van der Waals surface area contributed by atoms with Crippen LogP contribution in [-0.2, 0) is 0 Å². The molecule has 0 saturated heterocycles. The SMILES string of the molecule is CC(=NC(F)(F)F)NC#N. The predicted molar refractivity (Wildman–Crippen MR) is 27.9 cm³/mol. The highest BCUT2D eigenvalue weighted by molar-refractivity contribution is 5.80. The van der Waals surface area contributed by atoms with Gasteiger partial charge in [0.25, 0.3) is 0 Å². The normalized spacial score (nSPS) is 12.5. The van der Waals surface area contributed by atoms with Crippen molar-refractivity contribution in [2.24, 2.45) is 4.99 Å². The van der Waals surface area contributed by atoms with Crippen LogP contribution >= 0.6 is 0 Å². The van der Waals surface area contributed by atoms with Gasteiger partial charge in [0.15, 0.2) is 6.19 Å². The molecule has 1 N–H and O–H groups in total. The summed E-state index contributed by atoms with van der Waals surface area (Å²) in [4.78, 5) is 2.18. The van der Waals surface area contributed by atoms with Crippen LogP contribution in [0.1, 0.15) is 6.92 Å². The number of amidine groups is 1. The van der Waals surface area contributed by atoms with Crippen LogP contribution in [0.15, 0.2) is 4.99 Å². The molecule has 6 heteroatoms. The third kappa shape index (κ3) is 4.90. The molecule has 0 amide bonds. The van der Waals surface area contributed by atoms with E-state index in [-0.39, 0.29) is 0 Å². The van der Waals surface area contributed by atoms with E-state index in [4.69, 9.17) is 5.26 Å². The van der Waals surface area contributed by atoms with E-state index in [1.165, 1.54) is 6.19 Å². The van der Waals surface area contributed by atoms with Gasteiger partial charge < -0.3 is 0 Å². The summed E-state index contributed by atoms with van der Waals surface area (Å²) in [5.74, 6) is -0.463. The van der Waals surface area contributed by atoms with Crippen molar-refractivity contribution in [1.29, 1.82) is 5.26 Å². The van der Waals surface area contributed by atoms with E-state index >= 15 is 0 Å². The smallest absolute Gasteiger partial charge is 0.281 e. The first-order valence-corrected chi connectivity index (χ1v) is 2.24. The molecule has 0 aliphatic carbocycles. The van der Waals surface area contributed by atoms with Crippen molar-refractivity contribution < 1.29 is 13.2 Å². The monoisotopic (exact) mass is 151 g/mol. The highest BCUT2D eigenvalue weighted by Crippen LogP contribution is 2.15. The Kier molecular flexibility index (Phi) is 2.67. The van der Waals surface area contributed by atoms with Gasteiger partial charge in [0, 0.05) is 0 Å². The number of hydrogen-bond acceptors (Lipinski definition) is 2. The second kappa shape index (κ2) is 3.06. The Morgan fingerprint density at radius 2 is 2.10 bits per heavy atom. The number of nitriles is 1. The van der Waals surface area contributed by atoms with Crippen LogP contribution in [0.3, 0.4) is 0 Å². The topological polar surface area (TPSA) is 48.2 Å². The number of alkyl halides is 3. The fourth-order valence-electron chi connectivity index (χ4n) is 0.299. The Bertz CT molecular complexity index is 175. The fourth-order valence-corrected chi connectivity index (χ4v) is 0.299. The molecule has 0 unspecified atom stereocenters. The van der Waals surface area contributed by atoms with Crippen LogP contribution in [0, 0.1) is 11.5 Å². The Labute approximate surface area is 55.2 Å². The zero-order valence-corrected chi connectivity index (χ0v) is 5.03. The Morgan fingerprint density at radius 1 is 1.60 bits per heavy atom. The molecule has 0 spiro atoms. The van der Waals surface area contributed by atoms with Crippen molar-refractivity contribution in [2.45, 2.75) is 13.2 Å². The Morgan fingerprint density at radius 3 is 2.40 bits per heavy atom. The summed E-state index contributed by atoms with van der Waals surface area (Å²) in [6.45, 7) is 1.05. The van der Waals surface area contributed by atoms with Gasteiger partial charge in [-0.05, 0) is 6.92 Å².